The van der Waals surface area contributed by atoms with Gasteiger partial charge in [0.05, 0.1) is 11.4 Å². The molecule has 0 aromatic carbocycles. The van der Waals surface area contributed by atoms with Gasteiger partial charge in [0.2, 0.25) is 5.76 Å². The Morgan fingerprint density at radius 3 is 2.83 bits per heavy atom. The van der Waals surface area contributed by atoms with Gasteiger partial charge in [0.1, 0.15) is 0 Å². The largest absolute Gasteiger partial charge is 0.475 e. The van der Waals surface area contributed by atoms with Gasteiger partial charge in [-0.2, -0.15) is 0 Å². The molecule has 0 radical (unpaired) electrons. The van der Waals surface area contributed by atoms with Crippen molar-refractivity contribution >= 4 is 17.6 Å². The fourth-order valence-electron chi connectivity index (χ4n) is 1.29. The predicted molar refractivity (Wildman–Crippen MR) is 60.4 cm³/mol. The molecule has 18 heavy (non-hydrogen) atoms. The molecule has 2 aromatic rings. The third kappa shape index (κ3) is 2.34. The average molecular weight is 247 g/mol. The molecule has 1 amide bonds. The Morgan fingerprint density at radius 2 is 2.22 bits per heavy atom. The standard InChI is InChI=1S/C11H9N3O4/c1-6-7(3-2-4-12-6)13-10(15)8-5-9(11(16)17)18-14-8/h2-5H,1H3,(H,13,15)(H,16,17). The van der Waals surface area contributed by atoms with E-state index in [0.717, 1.165) is 6.07 Å². The second-order valence-corrected chi connectivity index (χ2v) is 3.47. The molecule has 0 bridgehead atoms. The molecule has 2 N–H and O–H groups in total. The molecule has 0 spiro atoms. The molecule has 0 atom stereocenters. The maximum Gasteiger partial charge on any atom is 0.374 e. The van der Waals surface area contributed by atoms with Crippen molar-refractivity contribution in [3.63, 3.8) is 0 Å². The number of amides is 1. The van der Waals surface area contributed by atoms with Crippen LogP contribution in [-0.4, -0.2) is 27.1 Å². The Labute approximate surface area is 101 Å². The molecule has 0 saturated heterocycles. The van der Waals surface area contributed by atoms with E-state index in [9.17, 15) is 9.59 Å². The third-order valence-electron chi connectivity index (χ3n) is 2.21. The van der Waals surface area contributed by atoms with Gasteiger partial charge in [-0.25, -0.2) is 4.79 Å². The molecule has 0 unspecified atom stereocenters. The summed E-state index contributed by atoms with van der Waals surface area (Å²) in [5.41, 5.74) is 1.07. The third-order valence-corrected chi connectivity index (χ3v) is 2.21. The fraction of sp³-hybridized carbons (Fsp3) is 0.0909. The molecule has 0 fully saturated rings. The van der Waals surface area contributed by atoms with Crippen LogP contribution in [0.3, 0.4) is 0 Å². The summed E-state index contributed by atoms with van der Waals surface area (Å²) in [4.78, 5) is 26.3. The minimum absolute atomic E-state index is 0.101. The molecule has 0 saturated carbocycles. The number of aryl methyl sites for hydroxylation is 1. The zero-order valence-electron chi connectivity index (χ0n) is 9.38. The van der Waals surface area contributed by atoms with Gasteiger partial charge in [-0.05, 0) is 19.1 Å². The summed E-state index contributed by atoms with van der Waals surface area (Å²) < 4.78 is 4.49. The van der Waals surface area contributed by atoms with Crippen LogP contribution in [0.1, 0.15) is 26.7 Å². The number of anilines is 1. The first kappa shape index (κ1) is 11.8. The first-order valence-corrected chi connectivity index (χ1v) is 5.01. The maximum absolute atomic E-state index is 11.7. The highest BCUT2D eigenvalue weighted by Gasteiger charge is 2.17. The Balaban J connectivity index is 2.17. The molecular formula is C11H9N3O4. The Bertz CT molecular complexity index is 606. The molecule has 7 nitrogen and oxygen atoms in total. The summed E-state index contributed by atoms with van der Waals surface area (Å²) in [5, 5.41) is 14.6. The monoisotopic (exact) mass is 247 g/mol. The second-order valence-electron chi connectivity index (χ2n) is 3.47. The topological polar surface area (TPSA) is 105 Å². The molecule has 92 valence electrons. The van der Waals surface area contributed by atoms with E-state index in [4.69, 9.17) is 5.11 Å². The summed E-state index contributed by atoms with van der Waals surface area (Å²) in [7, 11) is 0. The summed E-state index contributed by atoms with van der Waals surface area (Å²) in [6.07, 6.45) is 1.60. The summed E-state index contributed by atoms with van der Waals surface area (Å²) in [5.74, 6) is -2.22. The second kappa shape index (κ2) is 4.66. The minimum Gasteiger partial charge on any atom is -0.475 e. The highest BCUT2D eigenvalue weighted by Crippen LogP contribution is 2.12. The van der Waals surface area contributed by atoms with Crippen LogP contribution in [0.15, 0.2) is 28.9 Å². The first-order chi connectivity index (χ1) is 8.58. The van der Waals surface area contributed by atoms with Crippen molar-refractivity contribution in [3.05, 3.63) is 41.5 Å². The fourth-order valence-corrected chi connectivity index (χ4v) is 1.29. The van der Waals surface area contributed by atoms with Crippen molar-refractivity contribution in [1.82, 2.24) is 10.1 Å². The number of carboxylic acid groups (broad SMARTS) is 1. The van der Waals surface area contributed by atoms with Crippen LogP contribution in [0, 0.1) is 6.92 Å². The highest BCUT2D eigenvalue weighted by atomic mass is 16.5. The number of carbonyl (C=O) groups is 2. The number of pyridine rings is 1. The lowest BCUT2D eigenvalue weighted by Crippen LogP contribution is -2.13. The number of carboxylic acids is 1. The smallest absolute Gasteiger partial charge is 0.374 e. The van der Waals surface area contributed by atoms with Crippen LogP contribution < -0.4 is 5.32 Å². The number of hydrogen-bond acceptors (Lipinski definition) is 5. The summed E-state index contributed by atoms with van der Waals surface area (Å²) in [6, 6.07) is 4.41. The van der Waals surface area contributed by atoms with E-state index in [0.29, 0.717) is 11.4 Å². The van der Waals surface area contributed by atoms with E-state index in [1.165, 1.54) is 0 Å². The first-order valence-electron chi connectivity index (χ1n) is 5.01. The summed E-state index contributed by atoms with van der Waals surface area (Å²) >= 11 is 0. The maximum atomic E-state index is 11.7. The Morgan fingerprint density at radius 1 is 1.44 bits per heavy atom. The minimum atomic E-state index is -1.28. The number of aromatic carboxylic acids is 1. The van der Waals surface area contributed by atoms with E-state index < -0.39 is 11.9 Å². The van der Waals surface area contributed by atoms with Crippen molar-refractivity contribution in [2.75, 3.05) is 5.32 Å². The van der Waals surface area contributed by atoms with Gasteiger partial charge in [0.25, 0.3) is 5.91 Å². The van der Waals surface area contributed by atoms with Crippen molar-refractivity contribution in [1.29, 1.82) is 0 Å². The van der Waals surface area contributed by atoms with Crippen molar-refractivity contribution < 1.29 is 19.2 Å². The number of aromatic nitrogens is 2. The number of nitrogens with zero attached hydrogens (tertiary/aromatic N) is 2. The van der Waals surface area contributed by atoms with Crippen LogP contribution in [0.25, 0.3) is 0 Å². The van der Waals surface area contributed by atoms with Crippen LogP contribution in [-0.2, 0) is 0 Å². The normalized spacial score (nSPS) is 10.1. The number of rotatable bonds is 3. The van der Waals surface area contributed by atoms with Crippen LogP contribution in [0.2, 0.25) is 0 Å². The van der Waals surface area contributed by atoms with Crippen LogP contribution in [0.5, 0.6) is 0 Å². The molecule has 2 aromatic heterocycles. The van der Waals surface area contributed by atoms with Gasteiger partial charge in [-0.1, -0.05) is 5.16 Å². The molecule has 0 aliphatic rings. The lowest BCUT2D eigenvalue weighted by atomic mass is 10.3. The van der Waals surface area contributed by atoms with Gasteiger partial charge in [0, 0.05) is 12.3 Å². The van der Waals surface area contributed by atoms with E-state index >= 15 is 0 Å². The molecule has 0 aliphatic carbocycles. The van der Waals surface area contributed by atoms with Crippen LogP contribution in [0.4, 0.5) is 5.69 Å². The zero-order valence-corrected chi connectivity index (χ0v) is 9.38. The zero-order chi connectivity index (χ0) is 13.1. The van der Waals surface area contributed by atoms with Gasteiger partial charge < -0.3 is 14.9 Å². The van der Waals surface area contributed by atoms with E-state index in [2.05, 4.69) is 20.0 Å². The van der Waals surface area contributed by atoms with Crippen molar-refractivity contribution in [2.45, 2.75) is 6.92 Å². The van der Waals surface area contributed by atoms with Gasteiger partial charge in [-0.3, -0.25) is 9.78 Å². The molecule has 7 heteroatoms. The number of carbonyl (C=O) groups excluding carboxylic acids is 1. The Hall–Kier alpha value is -2.70. The Kier molecular flexibility index (Phi) is 3.05. The molecule has 2 heterocycles. The molecule has 2 rings (SSSR count). The van der Waals surface area contributed by atoms with Crippen molar-refractivity contribution in [2.24, 2.45) is 0 Å². The molecule has 0 aliphatic heterocycles. The van der Waals surface area contributed by atoms with Gasteiger partial charge >= 0.3 is 5.97 Å². The van der Waals surface area contributed by atoms with E-state index in [-0.39, 0.29) is 11.5 Å². The van der Waals surface area contributed by atoms with Gasteiger partial charge in [-0.15, -0.1) is 0 Å². The predicted octanol–water partition coefficient (Wildman–Crippen LogP) is 1.33. The quantitative estimate of drug-likeness (QED) is 0.847. The lowest BCUT2D eigenvalue weighted by Gasteiger charge is -2.04. The summed E-state index contributed by atoms with van der Waals surface area (Å²) in [6.45, 7) is 1.74. The lowest BCUT2D eigenvalue weighted by molar-refractivity contribution is 0.0651. The highest BCUT2D eigenvalue weighted by molar-refractivity contribution is 6.04. The van der Waals surface area contributed by atoms with E-state index in [1.807, 2.05) is 0 Å². The van der Waals surface area contributed by atoms with Gasteiger partial charge in [0.15, 0.2) is 5.69 Å². The number of nitrogens with one attached hydrogen (secondary N) is 1. The molecular weight excluding hydrogens is 238 g/mol. The SMILES string of the molecule is Cc1ncccc1NC(=O)c1cc(C(=O)O)on1. The average Bonchev–Trinajstić information content (AvgIpc) is 2.81. The number of hydrogen-bond donors (Lipinski definition) is 2. The van der Waals surface area contributed by atoms with Crippen LogP contribution >= 0.6 is 0 Å². The van der Waals surface area contributed by atoms with Crippen molar-refractivity contribution in [3.8, 4) is 0 Å². The van der Waals surface area contributed by atoms with E-state index in [1.54, 1.807) is 25.3 Å².